The second kappa shape index (κ2) is 4.78. The van der Waals surface area contributed by atoms with Crippen molar-refractivity contribution in [3.8, 4) is 11.5 Å². The molecule has 0 atom stereocenters. The van der Waals surface area contributed by atoms with Crippen molar-refractivity contribution < 1.29 is 17.9 Å². The predicted molar refractivity (Wildman–Crippen MR) is 67.6 cm³/mol. The average molecular weight is 271 g/mol. The van der Waals surface area contributed by atoms with Crippen LogP contribution in [0.2, 0.25) is 0 Å². The van der Waals surface area contributed by atoms with Crippen LogP contribution in [0, 0.1) is 6.92 Å². The number of hydrogen-bond acceptors (Lipinski definition) is 4. The Kier molecular flexibility index (Phi) is 3.49. The van der Waals surface area contributed by atoms with Gasteiger partial charge in [-0.3, -0.25) is 0 Å². The van der Waals surface area contributed by atoms with E-state index in [-0.39, 0.29) is 10.9 Å². The first kappa shape index (κ1) is 13.2. The molecule has 0 heterocycles. The van der Waals surface area contributed by atoms with Gasteiger partial charge < -0.3 is 9.47 Å². The van der Waals surface area contributed by atoms with E-state index in [1.807, 2.05) is 0 Å². The van der Waals surface area contributed by atoms with Crippen LogP contribution in [0.15, 0.2) is 17.0 Å². The highest BCUT2D eigenvalue weighted by molar-refractivity contribution is 7.89. The molecule has 5 nitrogen and oxygen atoms in total. The first-order valence-electron chi connectivity index (χ1n) is 5.73. The number of methoxy groups -OCH3 is 2. The lowest BCUT2D eigenvalue weighted by Gasteiger charge is -2.13. The fourth-order valence-electron chi connectivity index (χ4n) is 1.74. The Bertz CT molecular complexity index is 549. The summed E-state index contributed by atoms with van der Waals surface area (Å²) in [4.78, 5) is 0.243. The van der Waals surface area contributed by atoms with Gasteiger partial charge in [-0.1, -0.05) is 0 Å². The maximum absolute atomic E-state index is 12.2. The largest absolute Gasteiger partial charge is 0.493 e. The van der Waals surface area contributed by atoms with Gasteiger partial charge in [0.1, 0.15) is 0 Å². The van der Waals surface area contributed by atoms with Crippen LogP contribution >= 0.6 is 0 Å². The predicted octanol–water partition coefficient (Wildman–Crippen LogP) is 1.45. The lowest BCUT2D eigenvalue weighted by atomic mass is 10.2. The van der Waals surface area contributed by atoms with E-state index in [0.29, 0.717) is 17.1 Å². The third-order valence-electron chi connectivity index (χ3n) is 2.87. The number of rotatable bonds is 5. The summed E-state index contributed by atoms with van der Waals surface area (Å²) in [6, 6.07) is 3.25. The van der Waals surface area contributed by atoms with Gasteiger partial charge in [-0.25, -0.2) is 13.1 Å². The summed E-state index contributed by atoms with van der Waals surface area (Å²) >= 11 is 0. The Labute approximate surface area is 107 Å². The van der Waals surface area contributed by atoms with E-state index in [9.17, 15) is 8.42 Å². The van der Waals surface area contributed by atoms with Crippen molar-refractivity contribution in [3.05, 3.63) is 17.7 Å². The highest BCUT2D eigenvalue weighted by atomic mass is 32.2. The molecule has 1 aliphatic rings. The first-order valence-corrected chi connectivity index (χ1v) is 7.21. The lowest BCUT2D eigenvalue weighted by Crippen LogP contribution is -2.26. The second-order valence-electron chi connectivity index (χ2n) is 4.37. The molecule has 6 heteroatoms. The molecule has 1 fully saturated rings. The molecule has 1 saturated carbocycles. The second-order valence-corrected chi connectivity index (χ2v) is 6.05. The molecule has 0 aromatic heterocycles. The van der Waals surface area contributed by atoms with Crippen LogP contribution in [0.4, 0.5) is 0 Å². The van der Waals surface area contributed by atoms with Crippen LogP contribution in [0.5, 0.6) is 11.5 Å². The van der Waals surface area contributed by atoms with Gasteiger partial charge in [0.15, 0.2) is 11.5 Å². The highest BCUT2D eigenvalue weighted by Crippen LogP contribution is 2.33. The molecule has 0 spiro atoms. The maximum Gasteiger partial charge on any atom is 0.241 e. The normalized spacial score (nSPS) is 15.5. The molecular formula is C12H17NO4S. The fourth-order valence-corrected chi connectivity index (χ4v) is 3.28. The smallest absolute Gasteiger partial charge is 0.241 e. The van der Waals surface area contributed by atoms with E-state index in [1.54, 1.807) is 13.0 Å². The van der Waals surface area contributed by atoms with Gasteiger partial charge in [-0.05, 0) is 31.4 Å². The molecule has 1 aromatic carbocycles. The highest BCUT2D eigenvalue weighted by Gasteiger charge is 2.29. The van der Waals surface area contributed by atoms with E-state index >= 15 is 0 Å². The van der Waals surface area contributed by atoms with Crippen molar-refractivity contribution >= 4 is 10.0 Å². The quantitative estimate of drug-likeness (QED) is 0.880. The maximum atomic E-state index is 12.2. The summed E-state index contributed by atoms with van der Waals surface area (Å²) in [6.07, 6.45) is 1.82. The van der Waals surface area contributed by atoms with E-state index in [4.69, 9.17) is 9.47 Å². The Balaban J connectivity index is 2.43. The van der Waals surface area contributed by atoms with Gasteiger partial charge in [0.2, 0.25) is 10.0 Å². The molecule has 1 aromatic rings. The molecule has 2 rings (SSSR count). The van der Waals surface area contributed by atoms with Crippen molar-refractivity contribution in [2.45, 2.75) is 30.7 Å². The van der Waals surface area contributed by atoms with Crippen molar-refractivity contribution in [2.24, 2.45) is 0 Å². The van der Waals surface area contributed by atoms with Crippen LogP contribution in [0.1, 0.15) is 18.4 Å². The average Bonchev–Trinajstić information content (AvgIpc) is 3.11. The minimum absolute atomic E-state index is 0.0856. The molecule has 0 bridgehead atoms. The van der Waals surface area contributed by atoms with Gasteiger partial charge in [-0.15, -0.1) is 0 Å². The third-order valence-corrected chi connectivity index (χ3v) is 4.53. The topological polar surface area (TPSA) is 64.6 Å². The van der Waals surface area contributed by atoms with E-state index < -0.39 is 10.0 Å². The van der Waals surface area contributed by atoms with Crippen LogP contribution in [-0.2, 0) is 10.0 Å². The number of ether oxygens (including phenoxy) is 2. The van der Waals surface area contributed by atoms with Gasteiger partial charge in [0.05, 0.1) is 19.1 Å². The molecule has 1 aliphatic carbocycles. The molecule has 18 heavy (non-hydrogen) atoms. The Hall–Kier alpha value is -1.27. The summed E-state index contributed by atoms with van der Waals surface area (Å²) in [5, 5.41) is 0. The minimum Gasteiger partial charge on any atom is -0.493 e. The minimum atomic E-state index is -3.47. The fraction of sp³-hybridized carbons (Fsp3) is 0.500. The molecule has 0 unspecified atom stereocenters. The van der Waals surface area contributed by atoms with Crippen LogP contribution < -0.4 is 14.2 Å². The molecule has 1 N–H and O–H groups in total. The number of aryl methyl sites for hydroxylation is 1. The molecule has 0 radical (unpaired) electrons. The van der Waals surface area contributed by atoms with Crippen molar-refractivity contribution in [3.63, 3.8) is 0 Å². The van der Waals surface area contributed by atoms with Gasteiger partial charge in [0, 0.05) is 12.1 Å². The zero-order valence-electron chi connectivity index (χ0n) is 10.7. The molecule has 0 aliphatic heterocycles. The first-order chi connectivity index (χ1) is 8.47. The Morgan fingerprint density at radius 2 is 1.72 bits per heavy atom. The summed E-state index contributed by atoms with van der Waals surface area (Å²) in [5.74, 6) is 0.944. The zero-order valence-corrected chi connectivity index (χ0v) is 11.5. The number of nitrogens with one attached hydrogen (secondary N) is 1. The van der Waals surface area contributed by atoms with E-state index in [2.05, 4.69) is 4.72 Å². The van der Waals surface area contributed by atoms with Gasteiger partial charge in [0.25, 0.3) is 0 Å². The zero-order chi connectivity index (χ0) is 13.3. The number of benzene rings is 1. The standard InChI is InChI=1S/C12H17NO4S/c1-8-6-10(16-2)11(17-3)7-12(8)18(14,15)13-9-4-5-9/h6-7,9,13H,4-5H2,1-3H3. The monoisotopic (exact) mass is 271 g/mol. The SMILES string of the molecule is COc1cc(C)c(S(=O)(=O)NC2CC2)cc1OC. The molecule has 100 valence electrons. The van der Waals surface area contributed by atoms with Crippen molar-refractivity contribution in [2.75, 3.05) is 14.2 Å². The summed E-state index contributed by atoms with van der Waals surface area (Å²) < 4.78 is 37.2. The summed E-state index contributed by atoms with van der Waals surface area (Å²) in [6.45, 7) is 1.74. The van der Waals surface area contributed by atoms with Gasteiger partial charge >= 0.3 is 0 Å². The Morgan fingerprint density at radius 3 is 2.22 bits per heavy atom. The van der Waals surface area contributed by atoms with Crippen LogP contribution in [-0.4, -0.2) is 28.7 Å². The van der Waals surface area contributed by atoms with Gasteiger partial charge in [-0.2, -0.15) is 0 Å². The van der Waals surface area contributed by atoms with Crippen molar-refractivity contribution in [1.82, 2.24) is 4.72 Å². The molecule has 0 saturated heterocycles. The third kappa shape index (κ3) is 2.59. The van der Waals surface area contributed by atoms with E-state index in [0.717, 1.165) is 12.8 Å². The van der Waals surface area contributed by atoms with Crippen LogP contribution in [0.3, 0.4) is 0 Å². The lowest BCUT2D eigenvalue weighted by molar-refractivity contribution is 0.353. The summed E-state index contributed by atoms with van der Waals surface area (Å²) in [7, 11) is -0.465. The Morgan fingerprint density at radius 1 is 1.17 bits per heavy atom. The van der Waals surface area contributed by atoms with Crippen molar-refractivity contribution in [1.29, 1.82) is 0 Å². The summed E-state index contributed by atoms with van der Waals surface area (Å²) in [5.41, 5.74) is 0.640. The molecular weight excluding hydrogens is 254 g/mol. The van der Waals surface area contributed by atoms with Crippen LogP contribution in [0.25, 0.3) is 0 Å². The number of sulfonamides is 1. The molecule has 0 amide bonds. The van der Waals surface area contributed by atoms with E-state index in [1.165, 1.54) is 20.3 Å². The number of hydrogen-bond donors (Lipinski definition) is 1.